The number of rotatable bonds is 3. The zero-order valence-corrected chi connectivity index (χ0v) is 10.9. The minimum absolute atomic E-state index is 0.248. The monoisotopic (exact) mass is 250 g/mol. The molecule has 0 saturated carbocycles. The third kappa shape index (κ3) is 4.32. The predicted molar refractivity (Wildman–Crippen MR) is 84.8 cm³/mol. The first-order valence-corrected chi connectivity index (χ1v) is 5.97. The molecule has 0 aliphatic rings. The number of benzene rings is 2. The average molecular weight is 250 g/mol. The van der Waals surface area contributed by atoms with Gasteiger partial charge in [-0.1, -0.05) is 80.4 Å². The van der Waals surface area contributed by atoms with Crippen molar-refractivity contribution in [2.24, 2.45) is 0 Å². The molecule has 0 bridgehead atoms. The van der Waals surface area contributed by atoms with Crippen molar-refractivity contribution < 1.29 is 5.11 Å². The van der Waals surface area contributed by atoms with Crippen molar-refractivity contribution >= 4 is 18.2 Å². The van der Waals surface area contributed by atoms with Crippen LogP contribution in [0.5, 0.6) is 5.75 Å². The van der Waals surface area contributed by atoms with E-state index in [0.29, 0.717) is 0 Å². The molecule has 96 valence electrons. The summed E-state index contributed by atoms with van der Waals surface area (Å²) in [7, 11) is 0. The molecule has 2 rings (SSSR count). The van der Waals surface area contributed by atoms with E-state index in [0.717, 1.165) is 11.1 Å². The SMILES string of the molecule is C=Cc1cccc(O)c1C=C.C=Cc1ccccc1. The van der Waals surface area contributed by atoms with Gasteiger partial charge < -0.3 is 5.11 Å². The highest BCUT2D eigenvalue weighted by Crippen LogP contribution is 2.22. The van der Waals surface area contributed by atoms with Gasteiger partial charge in [-0.3, -0.25) is 0 Å². The van der Waals surface area contributed by atoms with Crippen LogP contribution in [0.15, 0.2) is 68.3 Å². The Balaban J connectivity index is 0.000000200. The minimum atomic E-state index is 0.248. The second-order valence-electron chi connectivity index (χ2n) is 3.80. The summed E-state index contributed by atoms with van der Waals surface area (Å²) in [6.07, 6.45) is 5.14. The largest absolute Gasteiger partial charge is 0.507 e. The van der Waals surface area contributed by atoms with Gasteiger partial charge >= 0.3 is 0 Å². The predicted octanol–water partition coefficient (Wildman–Crippen LogP) is 5.01. The van der Waals surface area contributed by atoms with Crippen LogP contribution in [0.4, 0.5) is 0 Å². The van der Waals surface area contributed by atoms with Gasteiger partial charge in [-0.15, -0.1) is 0 Å². The first kappa shape index (κ1) is 14.5. The zero-order chi connectivity index (χ0) is 14.1. The lowest BCUT2D eigenvalue weighted by atomic mass is 10.1. The highest BCUT2D eigenvalue weighted by molar-refractivity contribution is 5.68. The molecular formula is C18H18O. The van der Waals surface area contributed by atoms with Crippen LogP contribution in [0.3, 0.4) is 0 Å². The molecule has 2 aromatic rings. The van der Waals surface area contributed by atoms with Gasteiger partial charge in [-0.05, 0) is 17.2 Å². The van der Waals surface area contributed by atoms with E-state index in [4.69, 9.17) is 0 Å². The molecule has 2 aromatic carbocycles. The van der Waals surface area contributed by atoms with Crippen LogP contribution < -0.4 is 0 Å². The molecule has 0 heterocycles. The van der Waals surface area contributed by atoms with Gasteiger partial charge in [0.2, 0.25) is 0 Å². The fraction of sp³-hybridized carbons (Fsp3) is 0. The highest BCUT2D eigenvalue weighted by atomic mass is 16.3. The molecule has 1 nitrogen and oxygen atoms in total. The maximum absolute atomic E-state index is 9.30. The normalized spacial score (nSPS) is 8.84. The van der Waals surface area contributed by atoms with E-state index in [9.17, 15) is 5.11 Å². The third-order valence-electron chi connectivity index (χ3n) is 2.58. The van der Waals surface area contributed by atoms with Crippen LogP contribution in [0.2, 0.25) is 0 Å². The maximum Gasteiger partial charge on any atom is 0.123 e. The van der Waals surface area contributed by atoms with Gasteiger partial charge in [-0.2, -0.15) is 0 Å². The molecular weight excluding hydrogens is 232 g/mol. The number of aromatic hydroxyl groups is 1. The third-order valence-corrected chi connectivity index (χ3v) is 2.58. The van der Waals surface area contributed by atoms with E-state index >= 15 is 0 Å². The fourth-order valence-electron chi connectivity index (χ4n) is 1.56. The Morgan fingerprint density at radius 3 is 1.84 bits per heavy atom. The van der Waals surface area contributed by atoms with E-state index in [1.165, 1.54) is 5.56 Å². The Kier molecular flexibility index (Phi) is 5.90. The standard InChI is InChI=1S/C10H10O.C8H8/c1-3-8-6-5-7-10(11)9(8)4-2;1-2-8-6-4-3-5-7-8/h3-7,11H,1-2H2;2-7H,1H2. The second-order valence-corrected chi connectivity index (χ2v) is 3.80. The van der Waals surface area contributed by atoms with Crippen LogP contribution in [-0.2, 0) is 0 Å². The van der Waals surface area contributed by atoms with Crippen LogP contribution in [0, 0.1) is 0 Å². The summed E-state index contributed by atoms with van der Waals surface area (Å²) in [4.78, 5) is 0. The maximum atomic E-state index is 9.30. The summed E-state index contributed by atoms with van der Waals surface area (Å²) in [5.74, 6) is 0.248. The molecule has 0 amide bonds. The molecule has 0 aliphatic carbocycles. The Morgan fingerprint density at radius 1 is 0.737 bits per heavy atom. The Labute approximate surface area is 114 Å². The molecule has 0 fully saturated rings. The van der Waals surface area contributed by atoms with E-state index in [-0.39, 0.29) is 5.75 Å². The lowest BCUT2D eigenvalue weighted by molar-refractivity contribution is 0.474. The topological polar surface area (TPSA) is 20.2 Å². The van der Waals surface area contributed by atoms with Crippen molar-refractivity contribution in [2.75, 3.05) is 0 Å². The molecule has 1 N–H and O–H groups in total. The van der Waals surface area contributed by atoms with Crippen molar-refractivity contribution in [1.82, 2.24) is 0 Å². The van der Waals surface area contributed by atoms with Crippen molar-refractivity contribution in [3.05, 3.63) is 85.0 Å². The molecule has 0 aromatic heterocycles. The van der Waals surface area contributed by atoms with Crippen molar-refractivity contribution in [3.63, 3.8) is 0 Å². The van der Waals surface area contributed by atoms with Crippen LogP contribution in [0.25, 0.3) is 18.2 Å². The number of phenolic OH excluding ortho intramolecular Hbond substituents is 1. The summed E-state index contributed by atoms with van der Waals surface area (Å²) in [6, 6.07) is 15.3. The number of hydrogen-bond donors (Lipinski definition) is 1. The summed E-state index contributed by atoms with van der Waals surface area (Å²) in [5, 5.41) is 9.30. The molecule has 0 atom stereocenters. The van der Waals surface area contributed by atoms with Gasteiger partial charge in [0.25, 0.3) is 0 Å². The summed E-state index contributed by atoms with van der Waals surface area (Å²) in [6.45, 7) is 10.8. The van der Waals surface area contributed by atoms with Gasteiger partial charge in [0, 0.05) is 5.56 Å². The minimum Gasteiger partial charge on any atom is -0.507 e. The highest BCUT2D eigenvalue weighted by Gasteiger charge is 1.98. The lowest BCUT2D eigenvalue weighted by Gasteiger charge is -2.01. The molecule has 0 saturated heterocycles. The number of hydrogen-bond acceptors (Lipinski definition) is 1. The average Bonchev–Trinajstić information content (AvgIpc) is 2.48. The van der Waals surface area contributed by atoms with Gasteiger partial charge in [0.1, 0.15) is 5.75 Å². The Morgan fingerprint density at radius 2 is 1.42 bits per heavy atom. The van der Waals surface area contributed by atoms with E-state index in [1.807, 2.05) is 42.5 Å². The van der Waals surface area contributed by atoms with Crippen LogP contribution >= 0.6 is 0 Å². The van der Waals surface area contributed by atoms with Gasteiger partial charge in [0.05, 0.1) is 0 Å². The summed E-state index contributed by atoms with van der Waals surface area (Å²) >= 11 is 0. The molecule has 19 heavy (non-hydrogen) atoms. The zero-order valence-electron chi connectivity index (χ0n) is 10.9. The molecule has 0 spiro atoms. The summed E-state index contributed by atoms with van der Waals surface area (Å²) < 4.78 is 0. The van der Waals surface area contributed by atoms with Crippen molar-refractivity contribution in [1.29, 1.82) is 0 Å². The lowest BCUT2D eigenvalue weighted by Crippen LogP contribution is -1.79. The van der Waals surface area contributed by atoms with Crippen molar-refractivity contribution in [3.8, 4) is 5.75 Å². The number of phenols is 1. The second kappa shape index (κ2) is 7.72. The first-order valence-electron chi connectivity index (χ1n) is 5.97. The van der Waals surface area contributed by atoms with E-state index in [2.05, 4.69) is 19.7 Å². The first-order chi connectivity index (χ1) is 9.22. The van der Waals surface area contributed by atoms with Crippen LogP contribution in [-0.4, -0.2) is 5.11 Å². The Bertz CT molecular complexity index is 553. The van der Waals surface area contributed by atoms with E-state index in [1.54, 1.807) is 24.3 Å². The smallest absolute Gasteiger partial charge is 0.123 e. The molecule has 0 aliphatic heterocycles. The summed E-state index contributed by atoms with van der Waals surface area (Å²) in [5.41, 5.74) is 2.81. The van der Waals surface area contributed by atoms with E-state index < -0.39 is 0 Å². The fourth-order valence-corrected chi connectivity index (χ4v) is 1.56. The Hall–Kier alpha value is -2.54. The van der Waals surface area contributed by atoms with Gasteiger partial charge in [0.15, 0.2) is 0 Å². The molecule has 0 radical (unpaired) electrons. The molecule has 1 heteroatoms. The van der Waals surface area contributed by atoms with Gasteiger partial charge in [-0.25, -0.2) is 0 Å². The molecule has 0 unspecified atom stereocenters. The van der Waals surface area contributed by atoms with Crippen molar-refractivity contribution in [2.45, 2.75) is 0 Å². The van der Waals surface area contributed by atoms with Crippen LogP contribution in [0.1, 0.15) is 16.7 Å². The quantitative estimate of drug-likeness (QED) is 0.812.